The van der Waals surface area contributed by atoms with Crippen molar-refractivity contribution in [3.63, 3.8) is 0 Å². The van der Waals surface area contributed by atoms with Crippen molar-refractivity contribution in [1.29, 1.82) is 0 Å². The third kappa shape index (κ3) is 4.02. The zero-order chi connectivity index (χ0) is 23.9. The predicted molar refractivity (Wildman–Crippen MR) is 107 cm³/mol. The second-order valence-corrected chi connectivity index (χ2v) is 7.43. The van der Waals surface area contributed by atoms with Crippen LogP contribution in [-0.2, 0) is 47.4 Å². The molecule has 13 heteroatoms. The largest absolute Gasteiger partial charge is 0.456 e. The highest BCUT2D eigenvalue weighted by atomic mass is 16.6. The number of aromatic nitrogens is 4. The minimum atomic E-state index is -1.28. The van der Waals surface area contributed by atoms with Gasteiger partial charge in [-0.05, 0) is 6.92 Å². The van der Waals surface area contributed by atoms with Crippen LogP contribution in [0.2, 0.25) is 0 Å². The van der Waals surface area contributed by atoms with Gasteiger partial charge in [0.05, 0.1) is 6.61 Å². The molecule has 2 aromatic rings. The number of rotatable bonds is 4. The summed E-state index contributed by atoms with van der Waals surface area (Å²) in [6, 6.07) is 0. The molecule has 3 rings (SSSR count). The molecule has 0 N–H and O–H groups in total. The van der Waals surface area contributed by atoms with Crippen molar-refractivity contribution in [2.24, 2.45) is 14.1 Å². The average Bonchev–Trinajstić information content (AvgIpc) is 3.03. The van der Waals surface area contributed by atoms with Crippen molar-refractivity contribution in [2.75, 3.05) is 6.61 Å². The van der Waals surface area contributed by atoms with Crippen LogP contribution >= 0.6 is 0 Å². The van der Waals surface area contributed by atoms with E-state index >= 15 is 0 Å². The lowest BCUT2D eigenvalue weighted by Gasteiger charge is -2.41. The zero-order valence-corrected chi connectivity index (χ0v) is 18.5. The minimum absolute atomic E-state index is 0.0294. The van der Waals surface area contributed by atoms with Crippen molar-refractivity contribution in [2.45, 2.75) is 52.2 Å². The summed E-state index contributed by atoms with van der Waals surface area (Å²) in [6.45, 7) is 4.85. The maximum Gasteiger partial charge on any atom is 0.332 e. The highest BCUT2D eigenvalue weighted by molar-refractivity contribution is 5.71. The number of aryl methyl sites for hydroxylation is 2. The van der Waals surface area contributed by atoms with Crippen molar-refractivity contribution in [1.82, 2.24) is 18.7 Å². The van der Waals surface area contributed by atoms with Gasteiger partial charge in [0.2, 0.25) is 0 Å². The first kappa shape index (κ1) is 23.2. The summed E-state index contributed by atoms with van der Waals surface area (Å²) < 4.78 is 25.3. The van der Waals surface area contributed by atoms with E-state index in [4.69, 9.17) is 18.9 Å². The van der Waals surface area contributed by atoms with Gasteiger partial charge >= 0.3 is 23.6 Å². The molecule has 0 amide bonds. The molecule has 0 aliphatic carbocycles. The van der Waals surface area contributed by atoms with Gasteiger partial charge in [-0.25, -0.2) is 9.78 Å². The zero-order valence-electron chi connectivity index (χ0n) is 18.5. The van der Waals surface area contributed by atoms with Crippen molar-refractivity contribution in [3.8, 4) is 0 Å². The summed E-state index contributed by atoms with van der Waals surface area (Å²) >= 11 is 0. The van der Waals surface area contributed by atoms with Gasteiger partial charge in [0.1, 0.15) is 5.82 Å². The Kier molecular flexibility index (Phi) is 6.21. The van der Waals surface area contributed by atoms with Crippen LogP contribution in [0.5, 0.6) is 0 Å². The van der Waals surface area contributed by atoms with Crippen LogP contribution < -0.4 is 11.2 Å². The molecule has 0 bridgehead atoms. The number of nitrogens with zero attached hydrogens (tertiary/aromatic N) is 4. The molecule has 1 aliphatic heterocycles. The highest BCUT2D eigenvalue weighted by Gasteiger charge is 2.48. The molecular formula is C19H24N4O9. The lowest BCUT2D eigenvalue weighted by molar-refractivity contribution is -0.239. The van der Waals surface area contributed by atoms with Gasteiger partial charge < -0.3 is 18.9 Å². The molecule has 0 radical (unpaired) electrons. The van der Waals surface area contributed by atoms with Gasteiger partial charge in [0, 0.05) is 34.9 Å². The molecule has 0 spiro atoms. The van der Waals surface area contributed by atoms with E-state index in [-0.39, 0.29) is 23.6 Å². The van der Waals surface area contributed by atoms with E-state index in [0.717, 1.165) is 18.4 Å². The third-order valence-corrected chi connectivity index (χ3v) is 5.05. The van der Waals surface area contributed by atoms with Crippen LogP contribution in [0.25, 0.3) is 11.2 Å². The predicted octanol–water partition coefficient (Wildman–Crippen LogP) is -0.934. The highest BCUT2D eigenvalue weighted by Crippen LogP contribution is 2.33. The Balaban J connectivity index is 2.23. The van der Waals surface area contributed by atoms with E-state index in [2.05, 4.69) is 4.98 Å². The van der Waals surface area contributed by atoms with Crippen LogP contribution in [0.3, 0.4) is 0 Å². The Hall–Kier alpha value is -3.48. The molecule has 0 aromatic carbocycles. The quantitative estimate of drug-likeness (QED) is 0.420. The van der Waals surface area contributed by atoms with Crippen LogP contribution in [0.1, 0.15) is 32.8 Å². The number of ether oxygens (including phenoxy) is 4. The van der Waals surface area contributed by atoms with Gasteiger partial charge in [-0.1, -0.05) is 0 Å². The molecule has 1 fully saturated rings. The van der Waals surface area contributed by atoms with E-state index in [1.165, 1.54) is 30.2 Å². The van der Waals surface area contributed by atoms with Gasteiger partial charge in [-0.2, -0.15) is 0 Å². The molecule has 13 nitrogen and oxygen atoms in total. The van der Waals surface area contributed by atoms with E-state index in [1.54, 1.807) is 6.92 Å². The van der Waals surface area contributed by atoms with Gasteiger partial charge in [0.25, 0.3) is 5.56 Å². The Morgan fingerprint density at radius 3 is 2.06 bits per heavy atom. The topological polar surface area (TPSA) is 150 Å². The molecule has 2 aromatic heterocycles. The van der Waals surface area contributed by atoms with Crippen molar-refractivity contribution >= 4 is 29.1 Å². The normalized spacial score (nSPS) is 23.1. The standard InChI is InChI=1S/C19H24N4O9/c1-8-20-16-13(17(27)22(6)19(28)21(16)5)23(8)18-15(32-11(4)26)14(31-10(3)25)12(7-29-18)30-9(2)24/h12,14-15,18H,7H2,1-6H3/t12-,14-,15-,18-/m1/s1. The lowest BCUT2D eigenvalue weighted by Crippen LogP contribution is -2.55. The Morgan fingerprint density at radius 1 is 0.938 bits per heavy atom. The first-order chi connectivity index (χ1) is 14.9. The van der Waals surface area contributed by atoms with Gasteiger partial charge in [-0.3, -0.25) is 32.9 Å². The monoisotopic (exact) mass is 452 g/mol. The third-order valence-electron chi connectivity index (χ3n) is 5.05. The summed E-state index contributed by atoms with van der Waals surface area (Å²) in [5.41, 5.74) is -1.07. The summed E-state index contributed by atoms with van der Waals surface area (Å²) in [7, 11) is 2.78. The molecule has 0 saturated carbocycles. The molecule has 1 saturated heterocycles. The molecule has 0 unspecified atom stereocenters. The van der Waals surface area contributed by atoms with E-state index in [1.807, 2.05) is 0 Å². The average molecular weight is 452 g/mol. The van der Waals surface area contributed by atoms with Gasteiger partial charge in [0.15, 0.2) is 35.7 Å². The fourth-order valence-corrected chi connectivity index (χ4v) is 3.78. The fraction of sp³-hybridized carbons (Fsp3) is 0.579. The molecule has 4 atom stereocenters. The van der Waals surface area contributed by atoms with E-state index in [0.29, 0.717) is 0 Å². The smallest absolute Gasteiger partial charge is 0.332 e. The Labute approximate surface area is 181 Å². The molecular weight excluding hydrogens is 428 g/mol. The number of hydrogen-bond donors (Lipinski definition) is 0. The maximum atomic E-state index is 12.9. The number of fused-ring (bicyclic) bond motifs is 1. The Morgan fingerprint density at radius 2 is 1.50 bits per heavy atom. The Bertz CT molecular complexity index is 1210. The van der Waals surface area contributed by atoms with Crippen LogP contribution in [0.4, 0.5) is 0 Å². The number of hydrogen-bond acceptors (Lipinski definition) is 10. The van der Waals surface area contributed by atoms with Crippen molar-refractivity contribution < 1.29 is 33.3 Å². The first-order valence-corrected chi connectivity index (χ1v) is 9.71. The van der Waals surface area contributed by atoms with Gasteiger partial charge in [-0.15, -0.1) is 0 Å². The molecule has 32 heavy (non-hydrogen) atoms. The van der Waals surface area contributed by atoms with Crippen LogP contribution in [0, 0.1) is 6.92 Å². The molecule has 1 aliphatic rings. The van der Waals surface area contributed by atoms with Crippen molar-refractivity contribution in [3.05, 3.63) is 26.7 Å². The van der Waals surface area contributed by atoms with Crippen LogP contribution in [0.15, 0.2) is 9.59 Å². The summed E-state index contributed by atoms with van der Waals surface area (Å²) in [6.07, 6.45) is -4.72. The number of esters is 3. The fourth-order valence-electron chi connectivity index (χ4n) is 3.78. The maximum absolute atomic E-state index is 12.9. The minimum Gasteiger partial charge on any atom is -0.456 e. The number of carbonyl (C=O) groups excluding carboxylic acids is 3. The second-order valence-electron chi connectivity index (χ2n) is 7.43. The first-order valence-electron chi connectivity index (χ1n) is 9.71. The summed E-state index contributed by atoms with van der Waals surface area (Å²) in [5.74, 6) is -1.78. The summed E-state index contributed by atoms with van der Waals surface area (Å²) in [5, 5.41) is 0. The summed E-state index contributed by atoms with van der Waals surface area (Å²) in [4.78, 5) is 64.8. The SMILES string of the molecule is CC(=O)O[C@@H]1[C@H](OC(C)=O)[C@H](OC(C)=O)CO[C@H]1n1c(C)nc2c1c(=O)n(C)c(=O)n2C. The lowest BCUT2D eigenvalue weighted by atomic mass is 10.0. The van der Waals surface area contributed by atoms with Crippen LogP contribution in [-0.4, -0.2) is 61.5 Å². The van der Waals surface area contributed by atoms with E-state index < -0.39 is 53.7 Å². The molecule has 3 heterocycles. The number of carbonyl (C=O) groups is 3. The molecule has 174 valence electrons. The second kappa shape index (κ2) is 8.57. The number of imidazole rings is 1. The van der Waals surface area contributed by atoms with E-state index in [9.17, 15) is 24.0 Å².